The molecular formula is C89H78Cl6F5N21O7S7. The molecule has 14 heterocycles. The maximum Gasteiger partial charge on any atom is 0.251 e. The van der Waals surface area contributed by atoms with E-state index in [1.54, 1.807) is 66.3 Å². The van der Waals surface area contributed by atoms with Crippen molar-refractivity contribution in [2.75, 3.05) is 0 Å². The number of H-pyrrole nitrogens is 7. The number of halogens is 11. The molecule has 0 aliphatic carbocycles. The van der Waals surface area contributed by atoms with E-state index in [0.717, 1.165) is 84.5 Å². The number of thioether (sulfide) groups is 7. The van der Waals surface area contributed by atoms with Crippen LogP contribution in [0.3, 0.4) is 0 Å². The second-order valence-corrected chi connectivity index (χ2v) is 37.7. The van der Waals surface area contributed by atoms with Gasteiger partial charge in [0.15, 0.2) is 47.7 Å². The number of benzene rings is 2. The average Bonchev–Trinajstić information content (AvgIpc) is 0.807. The molecule has 0 spiro atoms. The fourth-order valence-electron chi connectivity index (χ4n) is 11.6. The number of aromatic nitrogens is 21. The molecule has 7 N–H and O–H groups in total. The van der Waals surface area contributed by atoms with Gasteiger partial charge < -0.3 is 34.9 Å². The van der Waals surface area contributed by atoms with Gasteiger partial charge in [-0.2, -0.15) is 8.78 Å². The van der Waals surface area contributed by atoms with E-state index in [1.165, 1.54) is 125 Å². The summed E-state index contributed by atoms with van der Waals surface area (Å²) >= 11 is 45.8. The molecule has 46 heteroatoms. The minimum atomic E-state index is -1.36. The topological polar surface area (TPSA) is 410 Å². The highest BCUT2D eigenvalue weighted by atomic mass is 35.5. The summed E-state index contributed by atoms with van der Waals surface area (Å²) in [5.74, 6) is -2.34. The van der Waals surface area contributed by atoms with Gasteiger partial charge in [0.2, 0.25) is 11.9 Å². The average molecular weight is 2090 g/mol. The Bertz CT molecular complexity index is 7100. The zero-order valence-corrected chi connectivity index (χ0v) is 82.9. The van der Waals surface area contributed by atoms with Crippen LogP contribution in [-0.2, 0) is 40.3 Å². The number of para-hydroxylation sites is 1. The highest BCUT2D eigenvalue weighted by molar-refractivity contribution is 7.99. The van der Waals surface area contributed by atoms with Crippen molar-refractivity contribution in [3.05, 3.63) is 381 Å². The van der Waals surface area contributed by atoms with Gasteiger partial charge in [0.1, 0.15) is 16.1 Å². The quantitative estimate of drug-likeness (QED) is 0.0143. The van der Waals surface area contributed by atoms with Gasteiger partial charge in [0, 0.05) is 205 Å². The van der Waals surface area contributed by atoms with Gasteiger partial charge in [-0.25, -0.2) is 68.0 Å². The van der Waals surface area contributed by atoms with Gasteiger partial charge in [0.25, 0.3) is 38.9 Å². The van der Waals surface area contributed by atoms with E-state index < -0.39 is 34.9 Å². The Morgan fingerprint density at radius 3 is 1.16 bits per heavy atom. The maximum absolute atomic E-state index is 13.3. The summed E-state index contributed by atoms with van der Waals surface area (Å²) in [5.41, 5.74) is 11.0. The first-order valence-corrected chi connectivity index (χ1v) is 48.8. The zero-order chi connectivity index (χ0) is 97.7. The summed E-state index contributed by atoms with van der Waals surface area (Å²) in [7, 11) is 0. The first-order chi connectivity index (χ1) is 64.4. The van der Waals surface area contributed by atoms with Crippen LogP contribution < -0.4 is 38.9 Å². The Balaban J connectivity index is 0.000000163. The van der Waals surface area contributed by atoms with Crippen LogP contribution in [0.2, 0.25) is 30.4 Å². The molecule has 135 heavy (non-hydrogen) atoms. The molecule has 16 rings (SSSR count). The molecule has 0 fully saturated rings. The molecular weight excluding hydrogens is 2010 g/mol. The van der Waals surface area contributed by atoms with E-state index in [4.69, 9.17) is 69.6 Å². The van der Waals surface area contributed by atoms with Gasteiger partial charge in [-0.1, -0.05) is 208 Å². The minimum absolute atomic E-state index is 0.105. The van der Waals surface area contributed by atoms with E-state index >= 15 is 0 Å². The molecule has 0 bridgehead atoms. The first kappa shape index (κ1) is 106. The SMILES string of the molecule is Cc1cc(=O)[nH]c(SCc2c(Cl)cnc(Cl)c2Cl)n1.Cc1cc(=O)[nH]c(SCc2c(Cl)cnc3ccccc23)n1.Cc1cc(=O)[nH]c(SCc2c(Cl)cncc2C(C)C)n1.Cc1cc(=O)[nH]c(SCc2c(Cl)ncc3ccccc23)n1.Cc1cc(=O)[nH]c(SCc2c(F)cnc(F)c2F)n1.Cc1cc(=O)[nH]c(SCc2ccnc(F)c2F)n1.Cc1cc(=O)[nH]c(SCc2ccncc2C)n1. The molecule has 16 aromatic rings. The van der Waals surface area contributed by atoms with Crippen LogP contribution in [0.15, 0.2) is 229 Å². The Hall–Kier alpha value is -11.0. The summed E-state index contributed by atoms with van der Waals surface area (Å²) in [4.78, 5) is 154. The number of hydrogen-bond donors (Lipinski definition) is 7. The number of aromatic amines is 7. The zero-order valence-electron chi connectivity index (χ0n) is 72.7. The number of fused-ring (bicyclic) bond motifs is 2. The number of pyridine rings is 7. The van der Waals surface area contributed by atoms with Crippen molar-refractivity contribution in [3.63, 3.8) is 0 Å². The summed E-state index contributed by atoms with van der Waals surface area (Å²) in [5, 5.41) is 9.37. The lowest BCUT2D eigenvalue weighted by Crippen LogP contribution is -2.08. The van der Waals surface area contributed by atoms with Crippen molar-refractivity contribution < 1.29 is 22.0 Å². The Morgan fingerprint density at radius 1 is 0.326 bits per heavy atom. The van der Waals surface area contributed by atoms with E-state index in [0.29, 0.717) is 131 Å². The molecule has 0 aliphatic rings. The second kappa shape index (κ2) is 51.8. The molecule has 28 nitrogen and oxygen atoms in total. The lowest BCUT2D eigenvalue weighted by atomic mass is 10.0. The van der Waals surface area contributed by atoms with Crippen LogP contribution in [0.1, 0.15) is 110 Å². The summed E-state index contributed by atoms with van der Waals surface area (Å²) in [6, 6.07) is 29.2. The van der Waals surface area contributed by atoms with Crippen molar-refractivity contribution in [1.29, 1.82) is 0 Å². The molecule has 0 amide bonds. The summed E-state index contributed by atoms with van der Waals surface area (Å²) in [6.45, 7) is 18.5. The third kappa shape index (κ3) is 33.2. The van der Waals surface area contributed by atoms with E-state index in [9.17, 15) is 55.5 Å². The third-order valence-electron chi connectivity index (χ3n) is 17.9. The molecule has 0 unspecified atom stereocenters. The fourth-order valence-corrected chi connectivity index (χ4v) is 20.0. The van der Waals surface area contributed by atoms with Crippen LogP contribution in [-0.4, -0.2) is 105 Å². The van der Waals surface area contributed by atoms with Crippen molar-refractivity contribution in [1.82, 2.24) is 105 Å². The molecule has 0 saturated carbocycles. The largest absolute Gasteiger partial charge is 0.301 e. The maximum atomic E-state index is 13.3. The Morgan fingerprint density at radius 2 is 0.696 bits per heavy atom. The van der Waals surface area contributed by atoms with E-state index in [1.807, 2.05) is 80.8 Å². The highest BCUT2D eigenvalue weighted by Crippen LogP contribution is 2.37. The number of nitrogens with one attached hydrogen (secondary N) is 7. The van der Waals surface area contributed by atoms with Gasteiger partial charge in [-0.15, -0.1) is 0 Å². The van der Waals surface area contributed by atoms with Crippen molar-refractivity contribution in [3.8, 4) is 0 Å². The Kier molecular flexibility index (Phi) is 40.7. The molecule has 700 valence electrons. The highest BCUT2D eigenvalue weighted by Gasteiger charge is 2.20. The van der Waals surface area contributed by atoms with Crippen LogP contribution in [0.25, 0.3) is 21.7 Å². The predicted molar refractivity (Wildman–Crippen MR) is 527 cm³/mol. The summed E-state index contributed by atoms with van der Waals surface area (Å²) < 4.78 is 65.7. The van der Waals surface area contributed by atoms with Gasteiger partial charge in [0.05, 0.1) is 31.8 Å². The minimum Gasteiger partial charge on any atom is -0.301 e. The smallest absolute Gasteiger partial charge is 0.251 e. The van der Waals surface area contributed by atoms with Gasteiger partial charge in [-0.3, -0.25) is 48.5 Å². The number of rotatable bonds is 22. The standard InChI is InChI=1S/2C15H12ClN3OS.C14H16ClN3OS.C12H13N3OS.C11H8Cl3N3OS.C11H8F3N3OS.C11H9F2N3OS/c1-9-6-14(20)19-15(18-9)21-8-11-10-4-2-3-5-13(10)17-7-12(11)16;1-9-6-13(20)19-15(18-9)21-8-12-11-5-3-2-4-10(11)7-17-14(12)16;1-8(2)10-5-16-6-12(15)11(10)7-20-14-17-9(3)4-13(19)18-14;1-8-6-13-4-3-10(8)7-17-12-14-9(2)5-11(16)15-12;2*1-5-2-8(18)17-11(16-5)19-4-6-7(12)3-15-10(14)9(6)13;1-6-4-8(17)16-11(15-6)18-5-7-2-3-14-10(13)9(7)12/h2*2-7H,8H2,1H3,(H,18,19,20);4-6,8H,7H2,1-3H3,(H,17,18,19);3-6H,7H2,1-2H3,(H,14,15,16);2*2-3H,4H2,1H3,(H,16,17,18);2-4H,5H2,1H3,(H,15,16,17). The van der Waals surface area contributed by atoms with Crippen LogP contribution in [0.5, 0.6) is 0 Å². The Labute approximate surface area is 825 Å². The monoisotopic (exact) mass is 2080 g/mol. The van der Waals surface area contributed by atoms with E-state index in [2.05, 4.69) is 119 Å². The number of hydrogen-bond acceptors (Lipinski definition) is 28. The van der Waals surface area contributed by atoms with Crippen molar-refractivity contribution >= 4 is 174 Å². The van der Waals surface area contributed by atoms with Crippen LogP contribution in [0, 0.1) is 84.7 Å². The molecule has 0 radical (unpaired) electrons. The van der Waals surface area contributed by atoms with E-state index in [-0.39, 0.29) is 66.3 Å². The van der Waals surface area contributed by atoms with Gasteiger partial charge in [-0.05, 0) is 113 Å². The third-order valence-corrected chi connectivity index (χ3v) is 26.3. The first-order valence-electron chi connectivity index (χ1n) is 39.7. The lowest BCUT2D eigenvalue weighted by molar-refractivity contribution is 0.455. The summed E-state index contributed by atoms with van der Waals surface area (Å²) in [6.07, 6.45) is 13.8. The van der Waals surface area contributed by atoms with Crippen molar-refractivity contribution in [2.45, 2.75) is 152 Å². The lowest BCUT2D eigenvalue weighted by Gasteiger charge is -2.13. The predicted octanol–water partition coefficient (Wildman–Crippen LogP) is 20.7. The molecule has 14 aromatic heterocycles. The normalized spacial score (nSPS) is 10.8. The van der Waals surface area contributed by atoms with Gasteiger partial charge >= 0.3 is 0 Å². The molecule has 2 aromatic carbocycles. The second-order valence-electron chi connectivity index (χ2n) is 28.7. The molecule has 0 atom stereocenters. The van der Waals surface area contributed by atoms with Crippen LogP contribution >= 0.6 is 152 Å². The number of aryl methyl sites for hydroxylation is 8. The fraction of sp³-hybridized carbons (Fsp3) is 0.202. The number of nitrogens with zero attached hydrogens (tertiary/aromatic N) is 14. The molecule has 0 aliphatic heterocycles. The molecule has 0 saturated heterocycles. The van der Waals surface area contributed by atoms with Crippen molar-refractivity contribution in [2.24, 2.45) is 0 Å². The van der Waals surface area contributed by atoms with Crippen LogP contribution in [0.4, 0.5) is 22.0 Å².